The van der Waals surface area contributed by atoms with Crippen LogP contribution in [0.5, 0.6) is 0 Å². The summed E-state index contributed by atoms with van der Waals surface area (Å²) >= 11 is 0. The Morgan fingerprint density at radius 1 is 1.00 bits per heavy atom. The second-order valence-electron chi connectivity index (χ2n) is 3.73. The highest BCUT2D eigenvalue weighted by Gasteiger charge is 2.13. The number of anilines is 1. The van der Waals surface area contributed by atoms with Crippen LogP contribution in [-0.2, 0) is 10.0 Å². The summed E-state index contributed by atoms with van der Waals surface area (Å²) in [5.74, 6) is 0. The second kappa shape index (κ2) is 3.79. The predicted molar refractivity (Wildman–Crippen MR) is 67.2 cm³/mol. The largest absolute Gasteiger partial charge is 0.273 e. The van der Waals surface area contributed by atoms with Gasteiger partial charge in [-0.05, 0) is 11.5 Å². The number of benzene rings is 2. The first-order valence-electron chi connectivity index (χ1n) is 4.92. The molecule has 2 aromatic carbocycles. The lowest BCUT2D eigenvalue weighted by Gasteiger charge is -2.18. The molecule has 0 spiro atoms. The Morgan fingerprint density at radius 2 is 1.62 bits per heavy atom. The van der Waals surface area contributed by atoms with Crippen LogP contribution in [0.3, 0.4) is 0 Å². The molecule has 0 saturated heterocycles. The fraction of sp³-hybridized carbons (Fsp3) is 0.167. The molecule has 4 heteroatoms. The first-order valence-corrected chi connectivity index (χ1v) is 6.76. The van der Waals surface area contributed by atoms with Gasteiger partial charge in [-0.1, -0.05) is 36.4 Å². The quantitative estimate of drug-likeness (QED) is 0.800. The van der Waals surface area contributed by atoms with Crippen molar-refractivity contribution in [2.45, 2.75) is 0 Å². The van der Waals surface area contributed by atoms with E-state index in [1.807, 2.05) is 42.5 Å². The third-order valence-electron chi connectivity index (χ3n) is 2.60. The van der Waals surface area contributed by atoms with Crippen molar-refractivity contribution in [3.63, 3.8) is 0 Å². The molecule has 0 aliphatic heterocycles. The van der Waals surface area contributed by atoms with Gasteiger partial charge in [-0.3, -0.25) is 4.31 Å². The molecule has 84 valence electrons. The lowest BCUT2D eigenvalue weighted by Crippen LogP contribution is -2.24. The maximum atomic E-state index is 11.5. The molecule has 0 aliphatic carbocycles. The molecule has 0 heterocycles. The highest BCUT2D eigenvalue weighted by Crippen LogP contribution is 2.26. The molecule has 16 heavy (non-hydrogen) atoms. The van der Waals surface area contributed by atoms with Crippen molar-refractivity contribution in [3.05, 3.63) is 42.5 Å². The molecule has 0 amide bonds. The van der Waals surface area contributed by atoms with E-state index in [9.17, 15) is 8.42 Å². The fourth-order valence-corrected chi connectivity index (χ4v) is 2.18. The topological polar surface area (TPSA) is 37.4 Å². The molecule has 0 radical (unpaired) electrons. The minimum atomic E-state index is -3.21. The van der Waals surface area contributed by atoms with Gasteiger partial charge in [-0.25, -0.2) is 8.42 Å². The van der Waals surface area contributed by atoms with Crippen LogP contribution in [0.4, 0.5) is 5.69 Å². The smallest absolute Gasteiger partial charge is 0.232 e. The molecule has 0 aliphatic rings. The molecule has 3 nitrogen and oxygen atoms in total. The normalized spacial score (nSPS) is 11.6. The summed E-state index contributed by atoms with van der Waals surface area (Å²) in [5, 5.41) is 1.98. The maximum Gasteiger partial charge on any atom is 0.232 e. The van der Waals surface area contributed by atoms with E-state index in [1.165, 1.54) is 10.6 Å². The lowest BCUT2D eigenvalue weighted by molar-refractivity contribution is 0.600. The van der Waals surface area contributed by atoms with Gasteiger partial charge >= 0.3 is 0 Å². The Morgan fingerprint density at radius 3 is 2.31 bits per heavy atom. The van der Waals surface area contributed by atoms with E-state index in [1.54, 1.807) is 7.05 Å². The number of rotatable bonds is 2. The Kier molecular flexibility index (Phi) is 2.59. The molecule has 2 rings (SSSR count). The van der Waals surface area contributed by atoms with Gasteiger partial charge in [-0.2, -0.15) is 0 Å². The van der Waals surface area contributed by atoms with Crippen molar-refractivity contribution in [1.82, 2.24) is 0 Å². The van der Waals surface area contributed by atoms with Crippen molar-refractivity contribution in [2.75, 3.05) is 17.6 Å². The Labute approximate surface area is 95.4 Å². The predicted octanol–water partition coefficient (Wildman–Crippen LogP) is 2.24. The van der Waals surface area contributed by atoms with Gasteiger partial charge in [0, 0.05) is 12.4 Å². The van der Waals surface area contributed by atoms with Gasteiger partial charge in [0.05, 0.1) is 11.9 Å². The zero-order chi connectivity index (χ0) is 11.8. The molecular formula is C12H13NO2S. The van der Waals surface area contributed by atoms with Gasteiger partial charge in [0.1, 0.15) is 0 Å². The number of hydrogen-bond acceptors (Lipinski definition) is 2. The van der Waals surface area contributed by atoms with Gasteiger partial charge in [0.25, 0.3) is 0 Å². The van der Waals surface area contributed by atoms with Gasteiger partial charge in [0.2, 0.25) is 10.0 Å². The molecule has 2 aromatic rings. The Balaban J connectivity index is 2.70. The van der Waals surface area contributed by atoms with Crippen LogP contribution < -0.4 is 4.31 Å². The Bertz CT molecular complexity index is 614. The van der Waals surface area contributed by atoms with Gasteiger partial charge in [0.15, 0.2) is 0 Å². The van der Waals surface area contributed by atoms with Gasteiger partial charge < -0.3 is 0 Å². The van der Waals surface area contributed by atoms with Crippen LogP contribution >= 0.6 is 0 Å². The van der Waals surface area contributed by atoms with Crippen LogP contribution in [0.1, 0.15) is 0 Å². The molecule has 0 atom stereocenters. The van der Waals surface area contributed by atoms with E-state index in [0.717, 1.165) is 10.8 Å². The highest BCUT2D eigenvalue weighted by atomic mass is 32.2. The molecule has 0 bridgehead atoms. The molecule has 0 aromatic heterocycles. The van der Waals surface area contributed by atoms with E-state index in [2.05, 4.69) is 0 Å². The number of fused-ring (bicyclic) bond motifs is 1. The first-order chi connectivity index (χ1) is 7.50. The minimum absolute atomic E-state index is 0.709. The maximum absolute atomic E-state index is 11.5. The Hall–Kier alpha value is -1.55. The van der Waals surface area contributed by atoms with Gasteiger partial charge in [-0.15, -0.1) is 0 Å². The van der Waals surface area contributed by atoms with E-state index in [0.29, 0.717) is 5.69 Å². The molecule has 0 saturated carbocycles. The zero-order valence-corrected chi connectivity index (χ0v) is 10.0. The molecular weight excluding hydrogens is 222 g/mol. The third-order valence-corrected chi connectivity index (χ3v) is 3.79. The second-order valence-corrected chi connectivity index (χ2v) is 5.74. The van der Waals surface area contributed by atoms with Crippen LogP contribution in [0, 0.1) is 0 Å². The summed E-state index contributed by atoms with van der Waals surface area (Å²) in [5.41, 5.74) is 0.709. The summed E-state index contributed by atoms with van der Waals surface area (Å²) < 4.78 is 24.3. The summed E-state index contributed by atoms with van der Waals surface area (Å²) in [4.78, 5) is 0. The van der Waals surface area contributed by atoms with Crippen LogP contribution in [-0.4, -0.2) is 21.7 Å². The van der Waals surface area contributed by atoms with Crippen molar-refractivity contribution in [2.24, 2.45) is 0 Å². The van der Waals surface area contributed by atoms with Crippen molar-refractivity contribution in [1.29, 1.82) is 0 Å². The van der Waals surface area contributed by atoms with Crippen LogP contribution in [0.15, 0.2) is 42.5 Å². The van der Waals surface area contributed by atoms with Crippen LogP contribution in [0.2, 0.25) is 0 Å². The highest BCUT2D eigenvalue weighted by molar-refractivity contribution is 7.92. The molecule has 0 N–H and O–H groups in total. The average Bonchev–Trinajstić information content (AvgIpc) is 2.26. The van der Waals surface area contributed by atoms with Crippen molar-refractivity contribution < 1.29 is 8.42 Å². The minimum Gasteiger partial charge on any atom is -0.273 e. The third kappa shape index (κ3) is 1.88. The molecule has 0 fully saturated rings. The summed E-state index contributed by atoms with van der Waals surface area (Å²) in [6.07, 6.45) is 1.20. The lowest BCUT2D eigenvalue weighted by atomic mass is 10.1. The SMILES string of the molecule is CN(c1cccc2ccccc12)S(C)(=O)=O. The fourth-order valence-electron chi connectivity index (χ4n) is 1.66. The summed E-state index contributed by atoms with van der Waals surface area (Å²) in [7, 11) is -1.65. The van der Waals surface area contributed by atoms with E-state index in [4.69, 9.17) is 0 Å². The summed E-state index contributed by atoms with van der Waals surface area (Å²) in [6.45, 7) is 0. The monoisotopic (exact) mass is 235 g/mol. The van der Waals surface area contributed by atoms with E-state index < -0.39 is 10.0 Å². The van der Waals surface area contributed by atoms with Crippen LogP contribution in [0.25, 0.3) is 10.8 Å². The number of hydrogen-bond donors (Lipinski definition) is 0. The summed E-state index contributed by atoms with van der Waals surface area (Å²) in [6, 6.07) is 13.4. The zero-order valence-electron chi connectivity index (χ0n) is 9.21. The standard InChI is InChI=1S/C12H13NO2S/c1-13(16(2,14)15)12-9-5-7-10-6-3-4-8-11(10)12/h3-9H,1-2H3. The van der Waals surface area contributed by atoms with Crippen molar-refractivity contribution in [3.8, 4) is 0 Å². The van der Waals surface area contributed by atoms with E-state index >= 15 is 0 Å². The average molecular weight is 235 g/mol. The van der Waals surface area contributed by atoms with E-state index in [-0.39, 0.29) is 0 Å². The van der Waals surface area contributed by atoms with Crippen molar-refractivity contribution >= 4 is 26.5 Å². The number of nitrogens with zero attached hydrogens (tertiary/aromatic N) is 1. The first kappa shape index (κ1) is 11.0. The number of sulfonamides is 1. The molecule has 0 unspecified atom stereocenters.